The maximum atomic E-state index is 15.2. The SMILES string of the molecule is COc1ccccc1Oc1c(OCCOC(=O)c2cccc(CON(O)O)c2)nc(-c2ccnc(-c3nnnn3C(C)OC(=O)OCCOCCON(O)O)c2)nc1N(C(C)OC(=O)OCCOCCON(O)O)S(=O)(=O)c1ccc(C)cn1. The van der Waals surface area contributed by atoms with Crippen LogP contribution in [-0.4, -0.2) is 194 Å². The summed E-state index contributed by atoms with van der Waals surface area (Å²) >= 11 is 0. The molecule has 6 N–H and O–H groups in total. The molecule has 0 bridgehead atoms. The summed E-state index contributed by atoms with van der Waals surface area (Å²) in [6, 6.07) is 17.4. The summed E-state index contributed by atoms with van der Waals surface area (Å²) in [5.41, 5.74) is 1.03. The monoisotopic (exact) mass is 1200 g/mol. The number of methoxy groups -OCH3 is 1. The van der Waals surface area contributed by atoms with E-state index >= 15 is 8.42 Å². The van der Waals surface area contributed by atoms with Gasteiger partial charge in [-0.3, -0.25) is 36.2 Å². The van der Waals surface area contributed by atoms with Gasteiger partial charge >= 0.3 is 18.3 Å². The van der Waals surface area contributed by atoms with Gasteiger partial charge in [0, 0.05) is 18.0 Å². The molecule has 0 radical (unpaired) electrons. The molecule has 84 heavy (non-hydrogen) atoms. The first-order valence-electron chi connectivity index (χ1n) is 24.4. The lowest BCUT2D eigenvalue weighted by molar-refractivity contribution is -0.497. The number of pyridine rings is 2. The Morgan fingerprint density at radius 3 is 2.00 bits per heavy atom. The van der Waals surface area contributed by atoms with Crippen molar-refractivity contribution in [1.82, 2.24) is 56.3 Å². The van der Waals surface area contributed by atoms with Crippen molar-refractivity contribution in [1.29, 1.82) is 0 Å². The first-order chi connectivity index (χ1) is 40.3. The molecule has 2 unspecified atom stereocenters. The number of carbonyl (C=O) groups is 3. The van der Waals surface area contributed by atoms with E-state index in [1.807, 2.05) is 0 Å². The third-order valence-corrected chi connectivity index (χ3v) is 12.2. The van der Waals surface area contributed by atoms with E-state index in [1.165, 1.54) is 81.0 Å². The summed E-state index contributed by atoms with van der Waals surface area (Å²) < 4.78 is 87.5. The minimum absolute atomic E-state index is 0.00358. The van der Waals surface area contributed by atoms with Crippen molar-refractivity contribution in [3.05, 3.63) is 102 Å². The zero-order chi connectivity index (χ0) is 60.6. The molecule has 4 aromatic heterocycles. The Kier molecular flexibility index (Phi) is 24.9. The van der Waals surface area contributed by atoms with Crippen LogP contribution in [0, 0.1) is 6.92 Å². The van der Waals surface area contributed by atoms with Gasteiger partial charge < -0.3 is 47.4 Å². The number of nitrogens with zero attached hydrogens (tertiary/aromatic N) is 12. The van der Waals surface area contributed by atoms with Gasteiger partial charge in [-0.1, -0.05) is 30.3 Å². The van der Waals surface area contributed by atoms with Gasteiger partial charge in [-0.15, -0.1) is 5.10 Å². The number of rotatable bonds is 34. The van der Waals surface area contributed by atoms with Crippen LogP contribution < -0.4 is 18.5 Å². The molecule has 0 aliphatic carbocycles. The van der Waals surface area contributed by atoms with E-state index in [4.69, 9.17) is 83.6 Å². The molecule has 0 aliphatic heterocycles. The summed E-state index contributed by atoms with van der Waals surface area (Å²) in [4.78, 5) is 70.8. The highest BCUT2D eigenvalue weighted by molar-refractivity contribution is 7.92. The number of aromatic nitrogens is 8. The second-order valence-corrected chi connectivity index (χ2v) is 18.1. The lowest BCUT2D eigenvalue weighted by Gasteiger charge is -2.30. The molecule has 2 atom stereocenters. The van der Waals surface area contributed by atoms with Crippen LogP contribution in [-0.2, 0) is 64.3 Å². The summed E-state index contributed by atoms with van der Waals surface area (Å²) in [6.07, 6.45) is -3.15. The first kappa shape index (κ1) is 64.7. The maximum Gasteiger partial charge on any atom is 0.510 e. The van der Waals surface area contributed by atoms with E-state index in [0.717, 1.165) is 11.6 Å². The molecule has 0 spiro atoms. The van der Waals surface area contributed by atoms with Crippen LogP contribution >= 0.6 is 0 Å². The van der Waals surface area contributed by atoms with Gasteiger partial charge in [-0.05, 0) is 84.8 Å². The normalized spacial score (nSPS) is 12.2. The molecule has 0 aliphatic rings. The van der Waals surface area contributed by atoms with Crippen LogP contribution in [0.25, 0.3) is 22.9 Å². The van der Waals surface area contributed by atoms with Gasteiger partial charge in [0.1, 0.15) is 32.1 Å². The van der Waals surface area contributed by atoms with E-state index < -0.39 is 99.2 Å². The number of para-hydroxylation sites is 2. The van der Waals surface area contributed by atoms with Gasteiger partial charge in [-0.2, -0.15) is 18.1 Å². The second-order valence-electron chi connectivity index (χ2n) is 16.3. The fourth-order valence-electron chi connectivity index (χ4n) is 6.83. The Bertz CT molecular complexity index is 3180. The number of carbonyl (C=O) groups excluding carboxylic acids is 3. The van der Waals surface area contributed by atoms with E-state index in [1.54, 1.807) is 25.1 Å². The maximum absolute atomic E-state index is 15.2. The number of tetrazole rings is 1. The molecule has 0 saturated heterocycles. The molecule has 0 fully saturated rings. The standard InChI is InChI=1S/C47H56N12O24S/c1-30-12-13-39(49-28-30)84(69,70)56(32(3)82-47(62)77-21-17-73-19-25-79-58(65)66)43-40(83-38-11-6-5-10-37(38)71-4)44(74-22-23-75-45(60)35-9-7-8-33(26-35)29-80-59(67)68)51-41(50-43)34-14-15-48-36(27-34)42-52-53-54-55(42)31(2)81-46(61)76-20-16-72-18-24-78-57(63)64/h5-15,26-28,31-32,63-68H,16-25,29H2,1-4H3. The molecular weight excluding hydrogens is 1150 g/mol. The summed E-state index contributed by atoms with van der Waals surface area (Å²) in [5, 5.41) is 62.3. The van der Waals surface area contributed by atoms with Gasteiger partial charge in [0.25, 0.3) is 15.9 Å². The van der Waals surface area contributed by atoms with Crippen molar-refractivity contribution in [3.63, 3.8) is 0 Å². The fraction of sp³-hybridized carbons (Fsp3) is 0.362. The molecule has 0 saturated carbocycles. The van der Waals surface area contributed by atoms with Crippen molar-refractivity contribution in [2.45, 2.75) is 44.9 Å². The van der Waals surface area contributed by atoms with Crippen molar-refractivity contribution >= 4 is 34.1 Å². The van der Waals surface area contributed by atoms with Crippen LogP contribution in [0.5, 0.6) is 23.1 Å². The number of aryl methyl sites for hydroxylation is 1. The van der Waals surface area contributed by atoms with Crippen molar-refractivity contribution in [2.24, 2.45) is 0 Å². The van der Waals surface area contributed by atoms with Gasteiger partial charge in [-0.25, -0.2) is 43.2 Å². The van der Waals surface area contributed by atoms with Crippen LogP contribution in [0.3, 0.4) is 0 Å². The molecule has 6 aromatic rings. The molecular formula is C47H56N12O24S. The lowest BCUT2D eigenvalue weighted by Crippen LogP contribution is -2.43. The number of sulfonamides is 1. The van der Waals surface area contributed by atoms with Crippen molar-refractivity contribution in [3.8, 4) is 46.0 Å². The van der Waals surface area contributed by atoms with E-state index in [9.17, 15) is 14.4 Å². The lowest BCUT2D eigenvalue weighted by atomic mass is 10.1. The Hall–Kier alpha value is -8.51. The first-order valence-corrected chi connectivity index (χ1v) is 25.9. The third-order valence-electron chi connectivity index (χ3n) is 10.5. The minimum atomic E-state index is -5.05. The molecule has 454 valence electrons. The predicted octanol–water partition coefficient (Wildman–Crippen LogP) is 3.87. The Balaban J connectivity index is 1.42. The van der Waals surface area contributed by atoms with Crippen LogP contribution in [0.1, 0.15) is 41.6 Å². The highest BCUT2D eigenvalue weighted by Gasteiger charge is 2.39. The number of hydrogen-bond donors (Lipinski definition) is 6. The quantitative estimate of drug-likeness (QED) is 0.0110. The molecule has 2 aromatic carbocycles. The molecule has 0 amide bonds. The number of anilines is 1. The summed E-state index contributed by atoms with van der Waals surface area (Å²) in [7, 11) is -3.71. The largest absolute Gasteiger partial charge is 0.510 e. The zero-order valence-electron chi connectivity index (χ0n) is 44.8. The Morgan fingerprint density at radius 2 is 1.35 bits per heavy atom. The summed E-state index contributed by atoms with van der Waals surface area (Å²) in [5.74, 6) is -2.94. The number of hydrogen-bond acceptors (Lipinski definition) is 34. The average Bonchev–Trinajstić information content (AvgIpc) is 3.94. The number of esters is 1. The van der Waals surface area contributed by atoms with Crippen LogP contribution in [0.4, 0.5) is 15.4 Å². The molecule has 6 rings (SSSR count). The van der Waals surface area contributed by atoms with Crippen molar-refractivity contribution < 1.29 is 116 Å². The van der Waals surface area contributed by atoms with Crippen LogP contribution in [0.2, 0.25) is 0 Å². The fourth-order valence-corrected chi connectivity index (χ4v) is 8.25. The predicted molar refractivity (Wildman–Crippen MR) is 270 cm³/mol. The van der Waals surface area contributed by atoms with Gasteiger partial charge in [0.2, 0.25) is 11.6 Å². The van der Waals surface area contributed by atoms with Crippen molar-refractivity contribution in [2.75, 3.05) is 77.5 Å². The molecule has 36 nitrogen and oxygen atoms in total. The second kappa shape index (κ2) is 32.4. The molecule has 4 heterocycles. The smallest absolute Gasteiger partial charge is 0.493 e. The number of ether oxygens (including phenoxy) is 10. The van der Waals surface area contributed by atoms with Gasteiger partial charge in [0.05, 0.1) is 75.1 Å². The highest BCUT2D eigenvalue weighted by Crippen LogP contribution is 2.45. The third kappa shape index (κ3) is 19.6. The Labute approximate surface area is 475 Å². The minimum Gasteiger partial charge on any atom is -0.493 e. The highest BCUT2D eigenvalue weighted by atomic mass is 32.2. The molecule has 37 heteroatoms. The summed E-state index contributed by atoms with van der Waals surface area (Å²) in [6.45, 7) is 1.06. The Morgan fingerprint density at radius 1 is 0.690 bits per heavy atom. The van der Waals surface area contributed by atoms with Crippen LogP contribution in [0.15, 0.2) is 90.2 Å². The zero-order valence-corrected chi connectivity index (χ0v) is 45.6. The van der Waals surface area contributed by atoms with Gasteiger partial charge in [0.15, 0.2) is 40.6 Å². The topological polar surface area (TPSA) is 435 Å². The van der Waals surface area contributed by atoms with E-state index in [0.29, 0.717) is 15.4 Å². The van der Waals surface area contributed by atoms with E-state index in [2.05, 4.69) is 45.0 Å². The number of benzene rings is 2. The average molecular weight is 1210 g/mol. The van der Waals surface area contributed by atoms with E-state index in [-0.39, 0.29) is 92.8 Å².